The van der Waals surface area contributed by atoms with Crippen molar-refractivity contribution in [1.82, 2.24) is 19.7 Å². The molecule has 2 heterocycles. The minimum Gasteiger partial charge on any atom is -0.267 e. The molecule has 2 aromatic heterocycles. The van der Waals surface area contributed by atoms with E-state index in [0.29, 0.717) is 15.6 Å². The van der Waals surface area contributed by atoms with Gasteiger partial charge in [0.05, 0.1) is 10.7 Å². The van der Waals surface area contributed by atoms with Crippen LogP contribution in [0.3, 0.4) is 0 Å². The van der Waals surface area contributed by atoms with Gasteiger partial charge in [-0.25, -0.2) is 0 Å². The van der Waals surface area contributed by atoms with Gasteiger partial charge in [0.1, 0.15) is 0 Å². The van der Waals surface area contributed by atoms with Gasteiger partial charge in [0.25, 0.3) is 0 Å². The van der Waals surface area contributed by atoms with Gasteiger partial charge in [-0.15, -0.1) is 0 Å². The molecule has 0 amide bonds. The number of hydrogen-bond donors (Lipinski definition) is 1. The molecular weight excluding hydrogens is 407 g/mol. The van der Waals surface area contributed by atoms with Gasteiger partial charge >= 0.3 is 0 Å². The Balaban J connectivity index is 2.25. The fourth-order valence-electron chi connectivity index (χ4n) is 1.87. The zero-order valence-electron chi connectivity index (χ0n) is 10.0. The Bertz CT molecular complexity index is 813. The van der Waals surface area contributed by atoms with Gasteiger partial charge in [0, 0.05) is 21.5 Å². The van der Waals surface area contributed by atoms with E-state index in [0.717, 1.165) is 14.8 Å². The van der Waals surface area contributed by atoms with Gasteiger partial charge in [-0.1, -0.05) is 11.6 Å². The summed E-state index contributed by atoms with van der Waals surface area (Å²) in [4.78, 5) is 4.11. The molecule has 0 aliphatic carbocycles. The zero-order valence-corrected chi connectivity index (χ0v) is 13.8. The summed E-state index contributed by atoms with van der Waals surface area (Å²) in [5.41, 5.74) is 1.67. The summed E-state index contributed by atoms with van der Waals surface area (Å²) >= 11 is 13.9. The molecule has 1 N–H and O–H groups in total. The summed E-state index contributed by atoms with van der Waals surface area (Å²) < 4.78 is 3.37. The average Bonchev–Trinajstić information content (AvgIpc) is 2.82. The van der Waals surface area contributed by atoms with Gasteiger partial charge in [0.15, 0.2) is 10.6 Å². The molecule has 0 bridgehead atoms. The Labute approximate surface area is 139 Å². The lowest BCUT2D eigenvalue weighted by Crippen LogP contribution is -1.99. The second-order valence-electron chi connectivity index (χ2n) is 4.03. The molecule has 0 saturated carbocycles. The van der Waals surface area contributed by atoms with Gasteiger partial charge in [-0.3, -0.25) is 14.6 Å². The van der Waals surface area contributed by atoms with Crippen molar-refractivity contribution in [3.63, 3.8) is 0 Å². The first-order chi connectivity index (χ1) is 9.66. The molecule has 7 heteroatoms. The summed E-state index contributed by atoms with van der Waals surface area (Å²) in [6.45, 7) is 0. The molecule has 0 atom stereocenters. The van der Waals surface area contributed by atoms with Crippen molar-refractivity contribution in [2.75, 3.05) is 0 Å². The van der Waals surface area contributed by atoms with E-state index in [4.69, 9.17) is 23.8 Å². The lowest BCUT2D eigenvalue weighted by atomic mass is 10.2. The van der Waals surface area contributed by atoms with E-state index in [9.17, 15) is 0 Å². The average molecular weight is 415 g/mol. The molecule has 100 valence electrons. The van der Waals surface area contributed by atoms with Crippen LogP contribution in [0.25, 0.3) is 17.1 Å². The first-order valence-corrected chi connectivity index (χ1v) is 7.56. The fraction of sp³-hybridized carbons (Fsp3) is 0. The van der Waals surface area contributed by atoms with Gasteiger partial charge in [-0.05, 0) is 65.1 Å². The van der Waals surface area contributed by atoms with Crippen LogP contribution < -0.4 is 0 Å². The van der Waals surface area contributed by atoms with Crippen LogP contribution in [0, 0.1) is 8.34 Å². The third-order valence-corrected chi connectivity index (χ3v) is 3.99. The molecule has 3 aromatic rings. The third-order valence-electron chi connectivity index (χ3n) is 2.74. The van der Waals surface area contributed by atoms with E-state index in [-0.39, 0.29) is 0 Å². The second-order valence-corrected chi connectivity index (χ2v) is 6.06. The summed E-state index contributed by atoms with van der Waals surface area (Å²) in [6, 6.07) is 9.57. The highest BCUT2D eigenvalue weighted by molar-refractivity contribution is 14.1. The zero-order chi connectivity index (χ0) is 14.1. The van der Waals surface area contributed by atoms with Crippen molar-refractivity contribution >= 4 is 46.4 Å². The molecule has 0 unspecified atom stereocenters. The second kappa shape index (κ2) is 5.63. The lowest BCUT2D eigenvalue weighted by molar-refractivity contribution is 1.03. The summed E-state index contributed by atoms with van der Waals surface area (Å²) in [6.07, 6.45) is 3.45. The predicted molar refractivity (Wildman–Crippen MR) is 89.7 cm³/mol. The number of nitrogens with zero attached hydrogens (tertiary/aromatic N) is 3. The van der Waals surface area contributed by atoms with Crippen LogP contribution in [0.15, 0.2) is 42.7 Å². The van der Waals surface area contributed by atoms with Gasteiger partial charge < -0.3 is 0 Å². The molecular formula is C13H8ClIN4S. The molecule has 0 aliphatic heterocycles. The van der Waals surface area contributed by atoms with E-state index >= 15 is 0 Å². The number of pyridine rings is 1. The van der Waals surface area contributed by atoms with E-state index in [1.165, 1.54) is 0 Å². The molecule has 0 radical (unpaired) electrons. The van der Waals surface area contributed by atoms with Crippen LogP contribution in [-0.4, -0.2) is 19.7 Å². The van der Waals surface area contributed by atoms with Crippen molar-refractivity contribution in [3.05, 3.63) is 56.1 Å². The molecule has 4 nitrogen and oxygen atoms in total. The molecule has 0 saturated heterocycles. The highest BCUT2D eigenvalue weighted by atomic mass is 127. The van der Waals surface area contributed by atoms with Crippen LogP contribution in [-0.2, 0) is 0 Å². The maximum Gasteiger partial charge on any atom is 0.200 e. The number of hydrogen-bond acceptors (Lipinski definition) is 3. The maximum atomic E-state index is 6.32. The lowest BCUT2D eigenvalue weighted by Gasteiger charge is -2.09. The fourth-order valence-corrected chi connectivity index (χ4v) is 3.04. The van der Waals surface area contributed by atoms with Crippen molar-refractivity contribution < 1.29 is 0 Å². The van der Waals surface area contributed by atoms with Crippen molar-refractivity contribution in [2.24, 2.45) is 0 Å². The van der Waals surface area contributed by atoms with E-state index in [1.807, 2.05) is 34.9 Å². The van der Waals surface area contributed by atoms with E-state index in [2.05, 4.69) is 37.8 Å². The number of benzene rings is 1. The first kappa shape index (κ1) is 13.7. The Morgan fingerprint density at radius 1 is 1.30 bits per heavy atom. The minimum atomic E-state index is 0.493. The third kappa shape index (κ3) is 2.50. The van der Waals surface area contributed by atoms with E-state index < -0.39 is 0 Å². The Morgan fingerprint density at radius 2 is 2.15 bits per heavy atom. The van der Waals surface area contributed by atoms with Crippen molar-refractivity contribution in [2.45, 2.75) is 0 Å². The number of aromatic amines is 1. The van der Waals surface area contributed by atoms with Crippen LogP contribution in [0.4, 0.5) is 0 Å². The normalized spacial score (nSPS) is 10.7. The Morgan fingerprint density at radius 3 is 2.85 bits per heavy atom. The quantitative estimate of drug-likeness (QED) is 0.504. The summed E-state index contributed by atoms with van der Waals surface area (Å²) in [5.74, 6) is 0.686. The van der Waals surface area contributed by atoms with Gasteiger partial charge in [0.2, 0.25) is 0 Å². The molecule has 1 aromatic carbocycles. The molecule has 3 rings (SSSR count). The number of H-pyrrole nitrogens is 1. The Hall–Kier alpha value is -1.25. The van der Waals surface area contributed by atoms with Crippen LogP contribution in [0.1, 0.15) is 0 Å². The molecule has 0 aliphatic rings. The van der Waals surface area contributed by atoms with E-state index in [1.54, 1.807) is 12.4 Å². The standard InChI is InChI=1S/C13H8ClIN4S/c14-10-6-9(15)3-4-11(10)19-12(17-18-13(19)20)8-2-1-5-16-7-8/h1-7H,(H,18,20). The molecule has 0 fully saturated rings. The monoisotopic (exact) mass is 414 g/mol. The number of rotatable bonds is 2. The summed E-state index contributed by atoms with van der Waals surface area (Å²) in [7, 11) is 0. The van der Waals surface area contributed by atoms with Crippen molar-refractivity contribution in [1.29, 1.82) is 0 Å². The van der Waals surface area contributed by atoms with Gasteiger partial charge in [-0.2, -0.15) is 5.10 Å². The van der Waals surface area contributed by atoms with Crippen LogP contribution in [0.5, 0.6) is 0 Å². The SMILES string of the molecule is S=c1[nH]nc(-c2cccnc2)n1-c1ccc(I)cc1Cl. The molecule has 20 heavy (non-hydrogen) atoms. The Kier molecular flexibility index (Phi) is 3.86. The van der Waals surface area contributed by atoms with Crippen LogP contribution >= 0.6 is 46.4 Å². The smallest absolute Gasteiger partial charge is 0.200 e. The van der Waals surface area contributed by atoms with Crippen molar-refractivity contribution in [3.8, 4) is 17.1 Å². The molecule has 0 spiro atoms. The largest absolute Gasteiger partial charge is 0.267 e. The number of aromatic nitrogens is 4. The predicted octanol–water partition coefficient (Wildman–Crippen LogP) is 4.25. The highest BCUT2D eigenvalue weighted by Gasteiger charge is 2.13. The number of halogens is 2. The number of nitrogens with one attached hydrogen (secondary N) is 1. The minimum absolute atomic E-state index is 0.493. The first-order valence-electron chi connectivity index (χ1n) is 5.70. The topological polar surface area (TPSA) is 46.5 Å². The maximum absolute atomic E-state index is 6.32. The summed E-state index contributed by atoms with van der Waals surface area (Å²) in [5, 5.41) is 7.70. The van der Waals surface area contributed by atoms with Crippen LogP contribution in [0.2, 0.25) is 5.02 Å². The highest BCUT2D eigenvalue weighted by Crippen LogP contribution is 2.27.